The van der Waals surface area contributed by atoms with Gasteiger partial charge in [-0.2, -0.15) is 0 Å². The molecule has 2 aromatic heterocycles. The van der Waals surface area contributed by atoms with Crippen molar-refractivity contribution in [2.24, 2.45) is 0 Å². The van der Waals surface area contributed by atoms with Gasteiger partial charge < -0.3 is 9.84 Å². The summed E-state index contributed by atoms with van der Waals surface area (Å²) in [5.74, 6) is 0.928. The minimum Gasteiger partial charge on any atom is -0.359 e. The molecule has 1 fully saturated rings. The first kappa shape index (κ1) is 9.06. The smallest absolute Gasteiger partial charge is 0.154 e. The van der Waals surface area contributed by atoms with Crippen LogP contribution in [0.4, 0.5) is 0 Å². The fourth-order valence-electron chi connectivity index (χ4n) is 1.83. The lowest BCUT2D eigenvalue weighted by molar-refractivity contribution is 0.353. The van der Waals surface area contributed by atoms with Gasteiger partial charge in [-0.15, -0.1) is 11.3 Å². The SMILES string of the molecule is c1csc(-c2cc([C@@H]3CCCN3)on2)n1. The van der Waals surface area contributed by atoms with Gasteiger partial charge in [-0.05, 0) is 19.4 Å². The van der Waals surface area contributed by atoms with Crippen LogP contribution in [0.1, 0.15) is 24.6 Å². The van der Waals surface area contributed by atoms with Crippen molar-refractivity contribution >= 4 is 11.3 Å². The standard InChI is InChI=1S/C10H11N3OS/c1-2-7(11-3-1)9-6-8(13-14-9)10-12-4-5-15-10/h4-7,11H,1-3H2/t7-/m0/s1. The molecule has 4 nitrogen and oxygen atoms in total. The van der Waals surface area contributed by atoms with Crippen molar-refractivity contribution in [1.29, 1.82) is 0 Å². The van der Waals surface area contributed by atoms with E-state index in [2.05, 4.69) is 15.5 Å². The van der Waals surface area contributed by atoms with Gasteiger partial charge >= 0.3 is 0 Å². The van der Waals surface area contributed by atoms with E-state index < -0.39 is 0 Å². The van der Waals surface area contributed by atoms with Gasteiger partial charge in [0, 0.05) is 17.6 Å². The number of rotatable bonds is 2. The first-order valence-corrected chi connectivity index (χ1v) is 5.91. The fraction of sp³-hybridized carbons (Fsp3) is 0.400. The lowest BCUT2D eigenvalue weighted by Gasteiger charge is -2.02. The van der Waals surface area contributed by atoms with E-state index in [1.54, 1.807) is 17.5 Å². The van der Waals surface area contributed by atoms with Crippen molar-refractivity contribution in [2.45, 2.75) is 18.9 Å². The number of aromatic nitrogens is 2. The molecule has 1 aliphatic rings. The molecular weight excluding hydrogens is 210 g/mol. The molecule has 15 heavy (non-hydrogen) atoms. The molecule has 78 valence electrons. The molecule has 2 aromatic rings. The average Bonchev–Trinajstić information content (AvgIpc) is 3.02. The Morgan fingerprint density at radius 1 is 1.53 bits per heavy atom. The number of thiazole rings is 1. The van der Waals surface area contributed by atoms with Gasteiger partial charge in [0.15, 0.2) is 5.76 Å². The van der Waals surface area contributed by atoms with Crippen LogP contribution in [0.25, 0.3) is 10.7 Å². The highest BCUT2D eigenvalue weighted by Gasteiger charge is 2.21. The molecule has 3 heterocycles. The highest BCUT2D eigenvalue weighted by atomic mass is 32.1. The van der Waals surface area contributed by atoms with Gasteiger partial charge in [0.05, 0.1) is 6.04 Å². The molecule has 0 bridgehead atoms. The van der Waals surface area contributed by atoms with Crippen molar-refractivity contribution in [3.8, 4) is 10.7 Å². The highest BCUT2D eigenvalue weighted by molar-refractivity contribution is 7.13. The third-order valence-electron chi connectivity index (χ3n) is 2.58. The zero-order chi connectivity index (χ0) is 10.1. The molecule has 0 spiro atoms. The maximum absolute atomic E-state index is 5.33. The number of nitrogens with one attached hydrogen (secondary N) is 1. The van der Waals surface area contributed by atoms with Crippen LogP contribution >= 0.6 is 11.3 Å². The maximum atomic E-state index is 5.33. The zero-order valence-electron chi connectivity index (χ0n) is 8.14. The topological polar surface area (TPSA) is 51.0 Å². The molecule has 0 amide bonds. The zero-order valence-corrected chi connectivity index (χ0v) is 8.96. The van der Waals surface area contributed by atoms with Gasteiger partial charge in [-0.3, -0.25) is 0 Å². The Kier molecular flexibility index (Phi) is 2.26. The first-order chi connectivity index (χ1) is 7.43. The van der Waals surface area contributed by atoms with Crippen LogP contribution in [0.3, 0.4) is 0 Å². The number of nitrogens with zero attached hydrogens (tertiary/aromatic N) is 2. The molecule has 5 heteroatoms. The Balaban J connectivity index is 1.87. The molecule has 0 saturated carbocycles. The summed E-state index contributed by atoms with van der Waals surface area (Å²) in [7, 11) is 0. The van der Waals surface area contributed by atoms with Crippen LogP contribution in [-0.4, -0.2) is 16.7 Å². The Morgan fingerprint density at radius 2 is 2.53 bits per heavy atom. The lowest BCUT2D eigenvalue weighted by Crippen LogP contribution is -2.11. The van der Waals surface area contributed by atoms with Crippen LogP contribution in [0.5, 0.6) is 0 Å². The Morgan fingerprint density at radius 3 is 3.27 bits per heavy atom. The summed E-state index contributed by atoms with van der Waals surface area (Å²) in [5.41, 5.74) is 0.841. The molecule has 1 atom stereocenters. The summed E-state index contributed by atoms with van der Waals surface area (Å²) < 4.78 is 5.33. The summed E-state index contributed by atoms with van der Waals surface area (Å²) in [6.45, 7) is 1.07. The summed E-state index contributed by atoms with van der Waals surface area (Å²) >= 11 is 1.58. The van der Waals surface area contributed by atoms with Gasteiger partial charge in [-0.1, -0.05) is 5.16 Å². The Labute approximate surface area is 91.3 Å². The molecule has 1 N–H and O–H groups in total. The quantitative estimate of drug-likeness (QED) is 0.844. The van der Waals surface area contributed by atoms with E-state index in [0.29, 0.717) is 6.04 Å². The highest BCUT2D eigenvalue weighted by Crippen LogP contribution is 2.27. The van der Waals surface area contributed by atoms with Crippen molar-refractivity contribution in [2.75, 3.05) is 6.54 Å². The van der Waals surface area contributed by atoms with Gasteiger partial charge in [0.1, 0.15) is 10.7 Å². The average molecular weight is 221 g/mol. The van der Waals surface area contributed by atoms with Crippen molar-refractivity contribution in [3.63, 3.8) is 0 Å². The predicted molar refractivity (Wildman–Crippen MR) is 57.6 cm³/mol. The normalized spacial score (nSPS) is 20.9. The largest absolute Gasteiger partial charge is 0.359 e. The van der Waals surface area contributed by atoms with Crippen molar-refractivity contribution < 1.29 is 4.52 Å². The molecule has 0 aliphatic carbocycles. The van der Waals surface area contributed by atoms with Crippen molar-refractivity contribution in [3.05, 3.63) is 23.4 Å². The molecular formula is C10H11N3OS. The van der Waals surface area contributed by atoms with Crippen LogP contribution < -0.4 is 5.32 Å². The summed E-state index contributed by atoms with van der Waals surface area (Å²) in [4.78, 5) is 4.20. The molecule has 0 unspecified atom stereocenters. The van der Waals surface area contributed by atoms with E-state index in [1.807, 2.05) is 11.4 Å². The molecule has 1 aliphatic heterocycles. The van der Waals surface area contributed by atoms with Gasteiger partial charge in [0.25, 0.3) is 0 Å². The van der Waals surface area contributed by atoms with Gasteiger partial charge in [0.2, 0.25) is 0 Å². The number of hydrogen-bond donors (Lipinski definition) is 1. The second kappa shape index (κ2) is 3.75. The summed E-state index contributed by atoms with van der Waals surface area (Å²) in [6, 6.07) is 2.33. The van der Waals surface area contributed by atoms with Crippen LogP contribution in [0.2, 0.25) is 0 Å². The van der Waals surface area contributed by atoms with E-state index >= 15 is 0 Å². The Bertz CT molecular complexity index is 431. The maximum Gasteiger partial charge on any atom is 0.154 e. The van der Waals surface area contributed by atoms with E-state index in [1.165, 1.54) is 6.42 Å². The summed E-state index contributed by atoms with van der Waals surface area (Å²) in [6.07, 6.45) is 4.12. The van der Waals surface area contributed by atoms with Crippen LogP contribution in [0, 0.1) is 0 Å². The van der Waals surface area contributed by atoms with E-state index in [0.717, 1.165) is 29.4 Å². The molecule has 0 aromatic carbocycles. The van der Waals surface area contributed by atoms with Crippen molar-refractivity contribution in [1.82, 2.24) is 15.5 Å². The summed E-state index contributed by atoms with van der Waals surface area (Å²) in [5, 5.41) is 10.3. The van der Waals surface area contributed by atoms with Gasteiger partial charge in [-0.25, -0.2) is 4.98 Å². The first-order valence-electron chi connectivity index (χ1n) is 5.03. The van der Waals surface area contributed by atoms with E-state index in [9.17, 15) is 0 Å². The lowest BCUT2D eigenvalue weighted by atomic mass is 10.2. The van der Waals surface area contributed by atoms with E-state index in [-0.39, 0.29) is 0 Å². The second-order valence-electron chi connectivity index (χ2n) is 3.60. The van der Waals surface area contributed by atoms with Crippen LogP contribution in [-0.2, 0) is 0 Å². The minimum atomic E-state index is 0.339. The molecule has 1 saturated heterocycles. The van der Waals surface area contributed by atoms with Crippen LogP contribution in [0.15, 0.2) is 22.2 Å². The third kappa shape index (κ3) is 1.68. The fourth-order valence-corrected chi connectivity index (χ4v) is 2.42. The third-order valence-corrected chi connectivity index (χ3v) is 3.38. The second-order valence-corrected chi connectivity index (χ2v) is 4.50. The predicted octanol–water partition coefficient (Wildman–Crippen LogP) is 2.22. The Hall–Kier alpha value is -1.20. The number of hydrogen-bond acceptors (Lipinski definition) is 5. The van der Waals surface area contributed by atoms with E-state index in [4.69, 9.17) is 4.52 Å². The monoisotopic (exact) mass is 221 g/mol. The minimum absolute atomic E-state index is 0.339. The molecule has 3 rings (SSSR count). The molecule has 0 radical (unpaired) electrons.